The van der Waals surface area contributed by atoms with Crippen LogP contribution in [0.25, 0.3) is 0 Å². The largest absolute Gasteiger partial charge is 0.439 e. The summed E-state index contributed by atoms with van der Waals surface area (Å²) in [4.78, 5) is 4.34. The first kappa shape index (κ1) is 14.1. The van der Waals surface area contributed by atoms with E-state index in [1.807, 2.05) is 31.2 Å². The van der Waals surface area contributed by atoms with Crippen molar-refractivity contribution in [2.45, 2.75) is 26.7 Å². The Morgan fingerprint density at radius 1 is 1.25 bits per heavy atom. The van der Waals surface area contributed by atoms with Gasteiger partial charge in [-0.1, -0.05) is 32.0 Å². The van der Waals surface area contributed by atoms with Gasteiger partial charge in [0, 0.05) is 17.3 Å². The summed E-state index contributed by atoms with van der Waals surface area (Å²) in [5.74, 6) is 1.62. The van der Waals surface area contributed by atoms with Gasteiger partial charge in [-0.15, -0.1) is 0 Å². The quantitative estimate of drug-likeness (QED) is 0.658. The van der Waals surface area contributed by atoms with Crippen LogP contribution >= 0.6 is 0 Å². The van der Waals surface area contributed by atoms with Crippen LogP contribution in [0.2, 0.25) is 0 Å². The Hall–Kier alpha value is -2.36. The molecule has 0 spiro atoms. The van der Waals surface area contributed by atoms with Gasteiger partial charge in [0.05, 0.1) is 0 Å². The monoisotopic (exact) mass is 269 g/mol. The minimum atomic E-state index is 0.0116. The topological polar surface area (TPSA) is 72.0 Å². The Morgan fingerprint density at radius 3 is 2.60 bits per heavy atom. The molecule has 0 saturated carbocycles. The fourth-order valence-electron chi connectivity index (χ4n) is 2.01. The summed E-state index contributed by atoms with van der Waals surface area (Å²) >= 11 is 0. The third kappa shape index (κ3) is 3.15. The van der Waals surface area contributed by atoms with Gasteiger partial charge >= 0.3 is 0 Å². The van der Waals surface area contributed by atoms with Gasteiger partial charge in [-0.25, -0.2) is 4.98 Å². The molecule has 0 radical (unpaired) electrons. The molecule has 3 N–H and O–H groups in total. The summed E-state index contributed by atoms with van der Waals surface area (Å²) in [6, 6.07) is 11.3. The summed E-state index contributed by atoms with van der Waals surface area (Å²) in [7, 11) is 0. The summed E-state index contributed by atoms with van der Waals surface area (Å²) in [5.41, 5.74) is 8.04. The Morgan fingerprint density at radius 2 is 1.95 bits per heavy atom. The zero-order valence-corrected chi connectivity index (χ0v) is 12.0. The van der Waals surface area contributed by atoms with Crippen molar-refractivity contribution in [1.82, 2.24) is 4.98 Å². The first-order valence-electron chi connectivity index (χ1n) is 6.57. The molecule has 0 aliphatic carbocycles. The maximum atomic E-state index is 7.51. The molecule has 0 amide bonds. The molecule has 1 aromatic carbocycles. The average Bonchev–Trinajstić information content (AvgIpc) is 2.38. The molecule has 4 nitrogen and oxygen atoms in total. The lowest BCUT2D eigenvalue weighted by Crippen LogP contribution is -2.11. The van der Waals surface area contributed by atoms with E-state index in [9.17, 15) is 0 Å². The van der Waals surface area contributed by atoms with Gasteiger partial charge in [0.15, 0.2) is 0 Å². The van der Waals surface area contributed by atoms with Gasteiger partial charge in [-0.3, -0.25) is 5.41 Å². The van der Waals surface area contributed by atoms with E-state index in [1.54, 1.807) is 12.1 Å². The fourth-order valence-corrected chi connectivity index (χ4v) is 2.01. The molecule has 20 heavy (non-hydrogen) atoms. The van der Waals surface area contributed by atoms with E-state index in [2.05, 4.69) is 18.8 Å². The second-order valence-electron chi connectivity index (χ2n) is 5.04. The van der Waals surface area contributed by atoms with Crippen LogP contribution in [0.15, 0.2) is 36.4 Å². The molecular formula is C16H19N3O. The Balaban J connectivity index is 2.37. The third-order valence-corrected chi connectivity index (χ3v) is 3.00. The minimum absolute atomic E-state index is 0.0116. The molecule has 2 rings (SSSR count). The van der Waals surface area contributed by atoms with Crippen LogP contribution in [-0.2, 0) is 0 Å². The molecule has 1 aromatic heterocycles. The number of para-hydroxylation sites is 1. The van der Waals surface area contributed by atoms with E-state index >= 15 is 0 Å². The van der Waals surface area contributed by atoms with Crippen LogP contribution in [0.4, 0.5) is 0 Å². The predicted octanol–water partition coefficient (Wildman–Crippen LogP) is 3.59. The number of amidine groups is 1. The number of rotatable bonds is 4. The highest BCUT2D eigenvalue weighted by molar-refractivity contribution is 5.95. The van der Waals surface area contributed by atoms with Gasteiger partial charge in [0.2, 0.25) is 5.88 Å². The van der Waals surface area contributed by atoms with Crippen molar-refractivity contribution in [3.8, 4) is 11.6 Å². The Bertz CT molecular complexity index is 635. The van der Waals surface area contributed by atoms with E-state index in [4.69, 9.17) is 15.9 Å². The molecule has 0 atom stereocenters. The number of pyridine rings is 1. The maximum absolute atomic E-state index is 7.51. The van der Waals surface area contributed by atoms with Crippen molar-refractivity contribution in [2.24, 2.45) is 5.73 Å². The van der Waals surface area contributed by atoms with Crippen molar-refractivity contribution in [3.05, 3.63) is 53.2 Å². The molecular weight excluding hydrogens is 250 g/mol. The molecule has 0 unspecified atom stereocenters. The van der Waals surface area contributed by atoms with Crippen LogP contribution in [0.1, 0.15) is 36.6 Å². The van der Waals surface area contributed by atoms with E-state index in [0.29, 0.717) is 17.4 Å². The molecule has 1 heterocycles. The highest BCUT2D eigenvalue weighted by Gasteiger charge is 2.10. The highest BCUT2D eigenvalue weighted by atomic mass is 16.5. The highest BCUT2D eigenvalue weighted by Crippen LogP contribution is 2.29. The van der Waals surface area contributed by atoms with E-state index in [-0.39, 0.29) is 5.84 Å². The SMILES string of the molecule is Cc1cc(C(=N)N)cc(Oc2ccccc2C(C)C)n1. The summed E-state index contributed by atoms with van der Waals surface area (Å²) in [5, 5.41) is 7.51. The van der Waals surface area contributed by atoms with Crippen molar-refractivity contribution in [2.75, 3.05) is 0 Å². The van der Waals surface area contributed by atoms with Crippen LogP contribution < -0.4 is 10.5 Å². The van der Waals surface area contributed by atoms with Gasteiger partial charge in [-0.2, -0.15) is 0 Å². The first-order chi connectivity index (χ1) is 9.47. The molecule has 0 bridgehead atoms. The first-order valence-corrected chi connectivity index (χ1v) is 6.57. The molecule has 104 valence electrons. The number of aromatic nitrogens is 1. The predicted molar refractivity (Wildman–Crippen MR) is 80.6 cm³/mol. The van der Waals surface area contributed by atoms with E-state index < -0.39 is 0 Å². The number of ether oxygens (including phenoxy) is 1. The van der Waals surface area contributed by atoms with Crippen LogP contribution in [0.5, 0.6) is 11.6 Å². The summed E-state index contributed by atoms with van der Waals surface area (Å²) < 4.78 is 5.88. The smallest absolute Gasteiger partial charge is 0.220 e. The zero-order valence-electron chi connectivity index (χ0n) is 12.0. The maximum Gasteiger partial charge on any atom is 0.220 e. The lowest BCUT2D eigenvalue weighted by molar-refractivity contribution is 0.453. The molecule has 0 saturated heterocycles. The van der Waals surface area contributed by atoms with Gasteiger partial charge in [-0.05, 0) is 30.5 Å². The van der Waals surface area contributed by atoms with Crippen LogP contribution in [-0.4, -0.2) is 10.8 Å². The standard InChI is InChI=1S/C16H19N3O/c1-10(2)13-6-4-5-7-14(13)20-15-9-12(16(17)18)8-11(3)19-15/h4-10H,1-3H3,(H3,17,18). The van der Waals surface area contributed by atoms with Gasteiger partial charge < -0.3 is 10.5 Å². The van der Waals surface area contributed by atoms with Crippen molar-refractivity contribution in [3.63, 3.8) is 0 Å². The second-order valence-corrected chi connectivity index (χ2v) is 5.04. The molecule has 0 fully saturated rings. The van der Waals surface area contributed by atoms with E-state index in [1.165, 1.54) is 0 Å². The number of nitrogens with one attached hydrogen (secondary N) is 1. The second kappa shape index (κ2) is 5.74. The molecule has 0 aliphatic rings. The number of nitrogens with two attached hydrogens (primary N) is 1. The van der Waals surface area contributed by atoms with Gasteiger partial charge in [0.1, 0.15) is 11.6 Å². The Labute approximate surface area is 119 Å². The van der Waals surface area contributed by atoms with Crippen LogP contribution in [0, 0.1) is 12.3 Å². The molecule has 4 heteroatoms. The normalized spacial score (nSPS) is 10.6. The Kier molecular flexibility index (Phi) is 4.03. The minimum Gasteiger partial charge on any atom is -0.439 e. The van der Waals surface area contributed by atoms with Gasteiger partial charge in [0.25, 0.3) is 0 Å². The van der Waals surface area contributed by atoms with Crippen molar-refractivity contribution < 1.29 is 4.74 Å². The lowest BCUT2D eigenvalue weighted by atomic mass is 10.0. The third-order valence-electron chi connectivity index (χ3n) is 3.00. The number of nitrogens with zero attached hydrogens (tertiary/aromatic N) is 1. The number of benzene rings is 1. The number of hydrogen-bond acceptors (Lipinski definition) is 3. The number of aryl methyl sites for hydroxylation is 1. The van der Waals surface area contributed by atoms with Crippen LogP contribution in [0.3, 0.4) is 0 Å². The van der Waals surface area contributed by atoms with Crippen molar-refractivity contribution >= 4 is 5.84 Å². The molecule has 0 aliphatic heterocycles. The number of hydrogen-bond donors (Lipinski definition) is 2. The number of nitrogen functional groups attached to an aromatic ring is 1. The lowest BCUT2D eigenvalue weighted by Gasteiger charge is -2.13. The van der Waals surface area contributed by atoms with Crippen molar-refractivity contribution in [1.29, 1.82) is 5.41 Å². The average molecular weight is 269 g/mol. The molecule has 2 aromatic rings. The van der Waals surface area contributed by atoms with E-state index in [0.717, 1.165) is 17.0 Å². The zero-order chi connectivity index (χ0) is 14.7. The summed E-state index contributed by atoms with van der Waals surface area (Å²) in [6.45, 7) is 6.09. The fraction of sp³-hybridized carbons (Fsp3) is 0.250. The summed E-state index contributed by atoms with van der Waals surface area (Å²) in [6.07, 6.45) is 0.